The van der Waals surface area contributed by atoms with Crippen molar-refractivity contribution in [3.8, 4) is 17.2 Å². The van der Waals surface area contributed by atoms with E-state index in [1.165, 1.54) is 11.3 Å². The van der Waals surface area contributed by atoms with Gasteiger partial charge < -0.3 is 18.9 Å². The van der Waals surface area contributed by atoms with E-state index < -0.39 is 12.0 Å². The van der Waals surface area contributed by atoms with E-state index >= 15 is 0 Å². The van der Waals surface area contributed by atoms with Crippen LogP contribution in [0.2, 0.25) is 0 Å². The first-order chi connectivity index (χ1) is 17.5. The number of benzene rings is 2. The van der Waals surface area contributed by atoms with Crippen molar-refractivity contribution in [2.75, 3.05) is 20.0 Å². The summed E-state index contributed by atoms with van der Waals surface area (Å²) in [6.07, 6.45) is 2.76. The molecule has 0 amide bonds. The third kappa shape index (κ3) is 4.42. The van der Waals surface area contributed by atoms with Gasteiger partial charge in [0.05, 0.1) is 35.1 Å². The van der Waals surface area contributed by atoms with Gasteiger partial charge in [-0.25, -0.2) is 9.79 Å². The number of nitrogens with zero attached hydrogens (tertiary/aromatic N) is 2. The van der Waals surface area contributed by atoms with Gasteiger partial charge in [0.25, 0.3) is 5.56 Å². The Labute approximate surface area is 211 Å². The number of hydrogen-bond acceptors (Lipinski definition) is 8. The quantitative estimate of drug-likeness (QED) is 0.457. The second-order valence-electron chi connectivity index (χ2n) is 8.33. The molecule has 1 atom stereocenters. The van der Waals surface area contributed by atoms with E-state index in [0.717, 1.165) is 17.7 Å². The second-order valence-corrected chi connectivity index (χ2v) is 9.34. The summed E-state index contributed by atoms with van der Waals surface area (Å²) in [6, 6.07) is 12.3. The second kappa shape index (κ2) is 10.0. The van der Waals surface area contributed by atoms with E-state index in [1.807, 2.05) is 36.4 Å². The average Bonchev–Trinajstić information content (AvgIpc) is 3.46. The Morgan fingerprint density at radius 1 is 1.17 bits per heavy atom. The number of allylic oxidation sites excluding steroid dienone is 1. The first-order valence-electron chi connectivity index (χ1n) is 11.8. The lowest BCUT2D eigenvalue weighted by Gasteiger charge is -2.24. The molecule has 0 spiro atoms. The number of aromatic nitrogens is 1. The monoisotopic (exact) mass is 506 g/mol. The molecule has 0 aliphatic carbocycles. The summed E-state index contributed by atoms with van der Waals surface area (Å²) >= 11 is 1.28. The van der Waals surface area contributed by atoms with E-state index in [1.54, 1.807) is 30.5 Å². The van der Waals surface area contributed by atoms with Crippen molar-refractivity contribution >= 4 is 23.4 Å². The predicted molar refractivity (Wildman–Crippen MR) is 135 cm³/mol. The molecule has 8 nitrogen and oxygen atoms in total. The lowest BCUT2D eigenvalue weighted by Crippen LogP contribution is -2.39. The van der Waals surface area contributed by atoms with Crippen molar-refractivity contribution in [1.82, 2.24) is 4.57 Å². The van der Waals surface area contributed by atoms with Crippen LogP contribution in [-0.4, -0.2) is 30.5 Å². The molecule has 9 heteroatoms. The zero-order valence-corrected chi connectivity index (χ0v) is 21.1. The van der Waals surface area contributed by atoms with E-state index in [2.05, 4.69) is 11.9 Å². The molecule has 0 saturated carbocycles. The van der Waals surface area contributed by atoms with Gasteiger partial charge in [-0.15, -0.1) is 0 Å². The van der Waals surface area contributed by atoms with Crippen LogP contribution in [0.5, 0.6) is 17.2 Å². The van der Waals surface area contributed by atoms with Crippen LogP contribution in [0.1, 0.15) is 44.4 Å². The largest absolute Gasteiger partial charge is 0.494 e. The van der Waals surface area contributed by atoms with E-state index in [0.29, 0.717) is 44.3 Å². The summed E-state index contributed by atoms with van der Waals surface area (Å²) in [7, 11) is 0. The van der Waals surface area contributed by atoms with Crippen molar-refractivity contribution in [2.45, 2.75) is 33.2 Å². The highest BCUT2D eigenvalue weighted by Gasteiger charge is 2.34. The summed E-state index contributed by atoms with van der Waals surface area (Å²) in [6.45, 7) is 6.56. The lowest BCUT2D eigenvalue weighted by molar-refractivity contribution is -0.139. The molecule has 2 aliphatic heterocycles. The van der Waals surface area contributed by atoms with Gasteiger partial charge in [-0.1, -0.05) is 36.5 Å². The van der Waals surface area contributed by atoms with Crippen LogP contribution < -0.4 is 29.1 Å². The zero-order chi connectivity index (χ0) is 25.2. The van der Waals surface area contributed by atoms with Gasteiger partial charge in [-0.3, -0.25) is 9.36 Å². The summed E-state index contributed by atoms with van der Waals surface area (Å²) in [4.78, 5) is 31.9. The van der Waals surface area contributed by atoms with E-state index in [9.17, 15) is 9.59 Å². The van der Waals surface area contributed by atoms with Gasteiger partial charge in [-0.05, 0) is 61.7 Å². The lowest BCUT2D eigenvalue weighted by atomic mass is 9.95. The molecule has 2 aromatic carbocycles. The fraction of sp³-hybridized carbons (Fsp3) is 0.296. The Morgan fingerprint density at radius 2 is 1.94 bits per heavy atom. The Bertz CT molecular complexity index is 1520. The van der Waals surface area contributed by atoms with Crippen LogP contribution in [0, 0.1) is 0 Å². The molecular formula is C27H26N2O6S. The number of fused-ring (bicyclic) bond motifs is 2. The first kappa shape index (κ1) is 23.9. The normalized spacial score (nSPS) is 16.5. The van der Waals surface area contributed by atoms with Gasteiger partial charge in [0.1, 0.15) is 5.75 Å². The number of hydrogen-bond donors (Lipinski definition) is 0. The molecule has 1 aromatic heterocycles. The highest BCUT2D eigenvalue weighted by Crippen LogP contribution is 2.38. The Balaban J connectivity index is 1.62. The molecule has 0 bridgehead atoms. The molecule has 0 unspecified atom stereocenters. The summed E-state index contributed by atoms with van der Waals surface area (Å²) < 4.78 is 24.1. The molecule has 0 radical (unpaired) electrons. The van der Waals surface area contributed by atoms with Crippen LogP contribution in [0.15, 0.2) is 63.5 Å². The number of ether oxygens (including phenoxy) is 4. The summed E-state index contributed by atoms with van der Waals surface area (Å²) in [5.74, 6) is 1.47. The van der Waals surface area contributed by atoms with Gasteiger partial charge >= 0.3 is 5.97 Å². The number of esters is 1. The third-order valence-corrected chi connectivity index (χ3v) is 6.86. The molecule has 3 heterocycles. The van der Waals surface area contributed by atoms with Gasteiger partial charge in [0, 0.05) is 0 Å². The number of carbonyl (C=O) groups excluding carboxylic acids is 1. The standard InChI is InChI=1S/C27H26N2O6S/c1-4-12-33-19-9-6-17(7-10-19)13-22-25(30)29-24(18-8-11-20-21(14-18)35-15-34-20)23(26(31)32-5-2)16(3)28-27(29)36-22/h6-11,13-14,24H,4-5,12,15H2,1-3H3/b22-13-/t24-/m1/s1. The molecular weight excluding hydrogens is 480 g/mol. The van der Waals surface area contributed by atoms with Gasteiger partial charge in [0.15, 0.2) is 16.3 Å². The number of thiazole rings is 1. The van der Waals surface area contributed by atoms with Crippen molar-refractivity contribution in [3.63, 3.8) is 0 Å². The summed E-state index contributed by atoms with van der Waals surface area (Å²) in [5.41, 5.74) is 2.18. The van der Waals surface area contributed by atoms with Crippen molar-refractivity contribution in [3.05, 3.63) is 84.5 Å². The minimum Gasteiger partial charge on any atom is -0.494 e. The van der Waals surface area contributed by atoms with Crippen molar-refractivity contribution in [2.24, 2.45) is 4.99 Å². The molecule has 0 fully saturated rings. The van der Waals surface area contributed by atoms with E-state index in [-0.39, 0.29) is 19.0 Å². The maximum atomic E-state index is 13.7. The fourth-order valence-electron chi connectivity index (χ4n) is 4.22. The Morgan fingerprint density at radius 3 is 2.69 bits per heavy atom. The van der Waals surface area contributed by atoms with Crippen LogP contribution >= 0.6 is 11.3 Å². The Hall–Kier alpha value is -3.85. The Kier molecular flexibility index (Phi) is 6.65. The average molecular weight is 507 g/mol. The molecule has 2 aliphatic rings. The molecule has 0 saturated heterocycles. The third-order valence-electron chi connectivity index (χ3n) is 5.88. The van der Waals surface area contributed by atoms with E-state index in [4.69, 9.17) is 18.9 Å². The zero-order valence-electron chi connectivity index (χ0n) is 20.3. The fourth-order valence-corrected chi connectivity index (χ4v) is 5.27. The van der Waals surface area contributed by atoms with Gasteiger partial charge in [0.2, 0.25) is 6.79 Å². The summed E-state index contributed by atoms with van der Waals surface area (Å²) in [5, 5.41) is 0. The van der Waals surface area contributed by atoms with Crippen LogP contribution in [-0.2, 0) is 9.53 Å². The maximum absolute atomic E-state index is 13.7. The molecule has 0 N–H and O–H groups in total. The molecule has 186 valence electrons. The van der Waals surface area contributed by atoms with Crippen molar-refractivity contribution < 1.29 is 23.7 Å². The highest BCUT2D eigenvalue weighted by atomic mass is 32.1. The number of rotatable bonds is 7. The van der Waals surface area contributed by atoms with Crippen molar-refractivity contribution in [1.29, 1.82) is 0 Å². The minimum atomic E-state index is -0.707. The van der Waals surface area contributed by atoms with Crippen LogP contribution in [0.4, 0.5) is 0 Å². The maximum Gasteiger partial charge on any atom is 0.338 e. The molecule has 3 aromatic rings. The SMILES string of the molecule is CCCOc1ccc(/C=c2\sc3n(c2=O)[C@H](c2ccc4c(c2)OCO4)C(C(=O)OCC)=C(C)N=3)cc1. The molecule has 36 heavy (non-hydrogen) atoms. The highest BCUT2D eigenvalue weighted by molar-refractivity contribution is 7.07. The smallest absolute Gasteiger partial charge is 0.338 e. The first-order valence-corrected chi connectivity index (χ1v) is 12.6. The minimum absolute atomic E-state index is 0.128. The predicted octanol–water partition coefficient (Wildman–Crippen LogP) is 3.32. The van der Waals surface area contributed by atoms with Crippen LogP contribution in [0.3, 0.4) is 0 Å². The molecule has 5 rings (SSSR count). The topological polar surface area (TPSA) is 88.3 Å². The number of carbonyl (C=O) groups is 1. The van der Waals surface area contributed by atoms with Gasteiger partial charge in [-0.2, -0.15) is 0 Å². The van der Waals surface area contributed by atoms with Crippen LogP contribution in [0.25, 0.3) is 6.08 Å².